The van der Waals surface area contributed by atoms with Gasteiger partial charge in [-0.05, 0) is 32.3 Å². The van der Waals surface area contributed by atoms with Gasteiger partial charge in [0, 0.05) is 19.7 Å². The van der Waals surface area contributed by atoms with Crippen LogP contribution in [0.4, 0.5) is 5.82 Å². The molecule has 0 radical (unpaired) electrons. The number of nitrogens with zero attached hydrogens (tertiary/aromatic N) is 3. The first kappa shape index (κ1) is 13.7. The molecule has 1 heterocycles. The number of methoxy groups -OCH3 is 1. The van der Waals surface area contributed by atoms with E-state index in [9.17, 15) is 0 Å². The standard InChI is InChI=1S/C13H21N5O/c1-8-9(2)16-17-13(11(8)12(14)15)18(6-7-19-3)10-4-5-10/h10H,4-7H2,1-3H3,(H3,14,15). The highest BCUT2D eigenvalue weighted by molar-refractivity contribution is 6.01. The lowest BCUT2D eigenvalue weighted by Gasteiger charge is -2.25. The first-order chi connectivity index (χ1) is 9.06. The van der Waals surface area contributed by atoms with E-state index in [-0.39, 0.29) is 5.84 Å². The van der Waals surface area contributed by atoms with Crippen LogP contribution >= 0.6 is 0 Å². The van der Waals surface area contributed by atoms with Gasteiger partial charge in [0.2, 0.25) is 0 Å². The Hall–Kier alpha value is -1.69. The first-order valence-corrected chi connectivity index (χ1v) is 6.50. The molecular weight excluding hydrogens is 242 g/mol. The van der Waals surface area contributed by atoms with Gasteiger partial charge in [0.25, 0.3) is 0 Å². The molecule has 2 rings (SSSR count). The average Bonchev–Trinajstić information content (AvgIpc) is 3.18. The van der Waals surface area contributed by atoms with Crippen molar-refractivity contribution in [1.82, 2.24) is 10.2 Å². The number of nitrogens with one attached hydrogen (secondary N) is 1. The first-order valence-electron chi connectivity index (χ1n) is 6.50. The minimum atomic E-state index is 0.0496. The van der Waals surface area contributed by atoms with E-state index >= 15 is 0 Å². The van der Waals surface area contributed by atoms with Crippen molar-refractivity contribution in [1.29, 1.82) is 5.41 Å². The third-order valence-electron chi connectivity index (χ3n) is 3.50. The SMILES string of the molecule is COCCN(c1nnc(C)c(C)c1C(=N)N)C1CC1. The molecule has 6 heteroatoms. The number of hydrogen-bond acceptors (Lipinski definition) is 5. The van der Waals surface area contributed by atoms with Crippen LogP contribution in [0.1, 0.15) is 29.7 Å². The zero-order chi connectivity index (χ0) is 14.0. The van der Waals surface area contributed by atoms with Crippen molar-refractivity contribution in [3.63, 3.8) is 0 Å². The summed E-state index contributed by atoms with van der Waals surface area (Å²) >= 11 is 0. The van der Waals surface area contributed by atoms with E-state index in [1.807, 2.05) is 13.8 Å². The largest absolute Gasteiger partial charge is 0.384 e. The second-order valence-corrected chi connectivity index (χ2v) is 4.94. The van der Waals surface area contributed by atoms with Crippen molar-refractivity contribution in [2.45, 2.75) is 32.7 Å². The highest BCUT2D eigenvalue weighted by atomic mass is 16.5. The van der Waals surface area contributed by atoms with E-state index in [0.29, 0.717) is 18.2 Å². The topological polar surface area (TPSA) is 88.1 Å². The lowest BCUT2D eigenvalue weighted by molar-refractivity contribution is 0.204. The van der Waals surface area contributed by atoms with Crippen LogP contribution in [0.15, 0.2) is 0 Å². The van der Waals surface area contributed by atoms with Gasteiger partial charge in [0.1, 0.15) is 5.84 Å². The number of nitrogens with two attached hydrogens (primary N) is 1. The summed E-state index contributed by atoms with van der Waals surface area (Å²) in [7, 11) is 1.68. The van der Waals surface area contributed by atoms with Gasteiger partial charge in [-0.2, -0.15) is 5.10 Å². The fourth-order valence-electron chi connectivity index (χ4n) is 2.16. The predicted octanol–water partition coefficient (Wildman–Crippen LogP) is 0.993. The average molecular weight is 263 g/mol. The Bertz CT molecular complexity index is 484. The van der Waals surface area contributed by atoms with Crippen LogP contribution in [0.3, 0.4) is 0 Å². The molecule has 0 aromatic carbocycles. The molecule has 0 bridgehead atoms. The Morgan fingerprint density at radius 1 is 1.42 bits per heavy atom. The Kier molecular flexibility index (Phi) is 3.99. The van der Waals surface area contributed by atoms with Gasteiger partial charge in [0.05, 0.1) is 17.9 Å². The molecule has 0 unspecified atom stereocenters. The molecule has 1 saturated carbocycles. The summed E-state index contributed by atoms with van der Waals surface area (Å²) in [6.45, 7) is 5.20. The minimum absolute atomic E-state index is 0.0496. The van der Waals surface area contributed by atoms with Crippen molar-refractivity contribution in [3.8, 4) is 0 Å². The molecule has 19 heavy (non-hydrogen) atoms. The van der Waals surface area contributed by atoms with Gasteiger partial charge in [-0.25, -0.2) is 0 Å². The van der Waals surface area contributed by atoms with E-state index in [2.05, 4.69) is 15.1 Å². The van der Waals surface area contributed by atoms with E-state index in [4.69, 9.17) is 15.9 Å². The van der Waals surface area contributed by atoms with Gasteiger partial charge in [-0.3, -0.25) is 5.41 Å². The van der Waals surface area contributed by atoms with Gasteiger partial charge in [0.15, 0.2) is 5.82 Å². The Balaban J connectivity index is 2.41. The second kappa shape index (κ2) is 5.52. The number of aromatic nitrogens is 2. The number of anilines is 1. The molecule has 1 aliphatic rings. The highest BCUT2D eigenvalue weighted by Crippen LogP contribution is 2.33. The predicted molar refractivity (Wildman–Crippen MR) is 74.8 cm³/mol. The van der Waals surface area contributed by atoms with Crippen molar-refractivity contribution < 1.29 is 4.74 Å². The molecule has 0 atom stereocenters. The van der Waals surface area contributed by atoms with E-state index < -0.39 is 0 Å². The maximum Gasteiger partial charge on any atom is 0.162 e. The van der Waals surface area contributed by atoms with Crippen molar-refractivity contribution >= 4 is 11.7 Å². The molecule has 1 fully saturated rings. The third kappa shape index (κ3) is 2.84. The van der Waals surface area contributed by atoms with Crippen LogP contribution < -0.4 is 10.6 Å². The van der Waals surface area contributed by atoms with Gasteiger partial charge >= 0.3 is 0 Å². The number of nitrogen functional groups attached to an aromatic ring is 1. The van der Waals surface area contributed by atoms with Gasteiger partial charge in [-0.15, -0.1) is 5.10 Å². The number of aryl methyl sites for hydroxylation is 1. The Morgan fingerprint density at radius 3 is 2.63 bits per heavy atom. The highest BCUT2D eigenvalue weighted by Gasteiger charge is 2.32. The van der Waals surface area contributed by atoms with Crippen molar-refractivity contribution in [2.75, 3.05) is 25.2 Å². The molecule has 104 valence electrons. The molecule has 0 amide bonds. The molecule has 0 spiro atoms. The fraction of sp³-hybridized carbons (Fsp3) is 0.615. The molecule has 1 aliphatic carbocycles. The van der Waals surface area contributed by atoms with Crippen molar-refractivity contribution in [3.05, 3.63) is 16.8 Å². The zero-order valence-corrected chi connectivity index (χ0v) is 11.7. The fourth-order valence-corrected chi connectivity index (χ4v) is 2.16. The van der Waals surface area contributed by atoms with Crippen LogP contribution in [-0.2, 0) is 4.74 Å². The number of rotatable bonds is 6. The molecular formula is C13H21N5O. The molecule has 1 aromatic heterocycles. The lowest BCUT2D eigenvalue weighted by atomic mass is 10.1. The van der Waals surface area contributed by atoms with Gasteiger partial charge < -0.3 is 15.4 Å². The summed E-state index contributed by atoms with van der Waals surface area (Å²) < 4.78 is 5.15. The van der Waals surface area contributed by atoms with Crippen LogP contribution in [-0.4, -0.2) is 42.3 Å². The molecule has 3 N–H and O–H groups in total. The quantitative estimate of drug-likeness (QED) is 0.590. The Morgan fingerprint density at radius 2 is 2.11 bits per heavy atom. The van der Waals surface area contributed by atoms with E-state index in [1.54, 1.807) is 7.11 Å². The van der Waals surface area contributed by atoms with Crippen LogP contribution in [0.5, 0.6) is 0 Å². The zero-order valence-electron chi connectivity index (χ0n) is 11.7. The van der Waals surface area contributed by atoms with E-state index in [0.717, 1.165) is 36.5 Å². The minimum Gasteiger partial charge on any atom is -0.384 e. The van der Waals surface area contributed by atoms with Crippen LogP contribution in [0.2, 0.25) is 0 Å². The summed E-state index contributed by atoms with van der Waals surface area (Å²) in [5, 5.41) is 16.2. The maximum atomic E-state index is 7.80. The summed E-state index contributed by atoms with van der Waals surface area (Å²) in [5.74, 6) is 0.767. The normalized spacial score (nSPS) is 14.5. The van der Waals surface area contributed by atoms with Crippen molar-refractivity contribution in [2.24, 2.45) is 5.73 Å². The second-order valence-electron chi connectivity index (χ2n) is 4.94. The number of hydrogen-bond donors (Lipinski definition) is 2. The molecule has 1 aromatic rings. The smallest absolute Gasteiger partial charge is 0.162 e. The molecule has 0 aliphatic heterocycles. The lowest BCUT2D eigenvalue weighted by Crippen LogP contribution is -2.33. The summed E-state index contributed by atoms with van der Waals surface area (Å²) in [4.78, 5) is 2.17. The third-order valence-corrected chi connectivity index (χ3v) is 3.50. The molecule has 0 saturated heterocycles. The Labute approximate surface area is 113 Å². The summed E-state index contributed by atoms with van der Waals surface area (Å²) in [6.07, 6.45) is 2.30. The monoisotopic (exact) mass is 263 g/mol. The van der Waals surface area contributed by atoms with Crippen LogP contribution in [0.25, 0.3) is 0 Å². The number of ether oxygens (including phenoxy) is 1. The van der Waals surface area contributed by atoms with E-state index in [1.165, 1.54) is 0 Å². The van der Waals surface area contributed by atoms with Crippen LogP contribution in [0, 0.1) is 19.3 Å². The summed E-state index contributed by atoms with van der Waals surface area (Å²) in [5.41, 5.74) is 8.18. The summed E-state index contributed by atoms with van der Waals surface area (Å²) in [6, 6.07) is 0.477. The van der Waals surface area contributed by atoms with Gasteiger partial charge in [-0.1, -0.05) is 0 Å². The molecule has 6 nitrogen and oxygen atoms in total. The number of amidine groups is 1. The maximum absolute atomic E-state index is 7.80.